The molecule has 0 bridgehead atoms. The fourth-order valence-corrected chi connectivity index (χ4v) is 2.44. The van der Waals surface area contributed by atoms with E-state index in [1.165, 1.54) is 25.3 Å². The zero-order valence-corrected chi connectivity index (χ0v) is 11.2. The summed E-state index contributed by atoms with van der Waals surface area (Å²) < 4.78 is 0. The molecule has 1 aromatic heterocycles. The molecule has 0 spiro atoms. The highest BCUT2D eigenvalue weighted by molar-refractivity contribution is 5.86. The first-order valence-corrected chi connectivity index (χ1v) is 6.78. The first kappa shape index (κ1) is 13.6. The van der Waals surface area contributed by atoms with Gasteiger partial charge in [-0.25, -0.2) is 9.78 Å². The van der Waals surface area contributed by atoms with Gasteiger partial charge >= 0.3 is 5.97 Å². The summed E-state index contributed by atoms with van der Waals surface area (Å²) in [5.74, 6) is 0.722. The molecule has 19 heavy (non-hydrogen) atoms. The number of nitrogens with zero attached hydrogens (tertiary/aromatic N) is 2. The lowest BCUT2D eigenvalue weighted by atomic mass is 10.0. The van der Waals surface area contributed by atoms with E-state index in [0.717, 1.165) is 30.4 Å². The van der Waals surface area contributed by atoms with Gasteiger partial charge in [0.2, 0.25) is 0 Å². The van der Waals surface area contributed by atoms with E-state index >= 15 is 0 Å². The van der Waals surface area contributed by atoms with Crippen LogP contribution in [0.1, 0.15) is 31.7 Å². The highest BCUT2D eigenvalue weighted by Gasteiger charge is 2.16. The Balaban J connectivity index is 2.21. The maximum atomic E-state index is 10.6. The van der Waals surface area contributed by atoms with Crippen molar-refractivity contribution in [2.24, 2.45) is 5.92 Å². The van der Waals surface area contributed by atoms with Crippen LogP contribution in [-0.4, -0.2) is 29.1 Å². The van der Waals surface area contributed by atoms with Crippen LogP contribution in [0, 0.1) is 5.92 Å². The minimum Gasteiger partial charge on any atom is -0.478 e. The average molecular weight is 260 g/mol. The van der Waals surface area contributed by atoms with Crippen molar-refractivity contribution in [1.82, 2.24) is 4.98 Å². The van der Waals surface area contributed by atoms with Gasteiger partial charge in [-0.05, 0) is 43.4 Å². The molecule has 1 aliphatic rings. The van der Waals surface area contributed by atoms with Crippen molar-refractivity contribution in [2.75, 3.05) is 18.0 Å². The summed E-state index contributed by atoms with van der Waals surface area (Å²) in [7, 11) is 0. The van der Waals surface area contributed by atoms with E-state index in [-0.39, 0.29) is 0 Å². The minimum absolute atomic E-state index is 0.756. The Morgan fingerprint density at radius 1 is 1.47 bits per heavy atom. The van der Waals surface area contributed by atoms with Crippen molar-refractivity contribution in [2.45, 2.75) is 26.2 Å². The molecule has 0 saturated carbocycles. The Bertz CT molecular complexity index is 471. The van der Waals surface area contributed by atoms with E-state index in [4.69, 9.17) is 5.11 Å². The van der Waals surface area contributed by atoms with Crippen molar-refractivity contribution in [1.29, 1.82) is 0 Å². The predicted octanol–water partition coefficient (Wildman–Crippen LogP) is 2.81. The topological polar surface area (TPSA) is 53.4 Å². The molecule has 0 amide bonds. The van der Waals surface area contributed by atoms with Gasteiger partial charge in [-0.2, -0.15) is 0 Å². The molecule has 1 fully saturated rings. The number of aromatic nitrogens is 1. The van der Waals surface area contributed by atoms with E-state index in [0.29, 0.717) is 0 Å². The van der Waals surface area contributed by atoms with Crippen LogP contribution in [-0.2, 0) is 4.79 Å². The minimum atomic E-state index is -0.931. The summed E-state index contributed by atoms with van der Waals surface area (Å²) in [5, 5.41) is 8.73. The monoisotopic (exact) mass is 260 g/mol. The highest BCUT2D eigenvalue weighted by Crippen LogP contribution is 2.24. The molecule has 2 rings (SSSR count). The van der Waals surface area contributed by atoms with E-state index in [2.05, 4.69) is 16.8 Å². The Morgan fingerprint density at radius 3 is 3.11 bits per heavy atom. The highest BCUT2D eigenvalue weighted by atomic mass is 16.4. The van der Waals surface area contributed by atoms with E-state index in [1.807, 2.05) is 12.1 Å². The number of rotatable bonds is 3. The van der Waals surface area contributed by atoms with Crippen molar-refractivity contribution >= 4 is 17.9 Å². The maximum absolute atomic E-state index is 10.6. The second kappa shape index (κ2) is 6.36. The predicted molar refractivity (Wildman–Crippen MR) is 76.1 cm³/mol. The summed E-state index contributed by atoms with van der Waals surface area (Å²) in [4.78, 5) is 17.3. The van der Waals surface area contributed by atoms with Crippen LogP contribution in [0.15, 0.2) is 24.4 Å². The molecule has 2 heterocycles. The van der Waals surface area contributed by atoms with Gasteiger partial charge in [-0.1, -0.05) is 6.92 Å². The first-order chi connectivity index (χ1) is 9.16. The lowest BCUT2D eigenvalue weighted by Gasteiger charge is -2.23. The van der Waals surface area contributed by atoms with Crippen molar-refractivity contribution in [3.05, 3.63) is 30.0 Å². The zero-order chi connectivity index (χ0) is 13.7. The summed E-state index contributed by atoms with van der Waals surface area (Å²) in [6.45, 7) is 4.27. The number of carbonyl (C=O) groups is 1. The second-order valence-electron chi connectivity index (χ2n) is 5.11. The maximum Gasteiger partial charge on any atom is 0.328 e. The SMILES string of the molecule is CC1CCCN(c2ncccc2/C=C/C(=O)O)CC1. The van der Waals surface area contributed by atoms with Gasteiger partial charge in [0, 0.05) is 30.9 Å². The van der Waals surface area contributed by atoms with Crippen molar-refractivity contribution in [3.8, 4) is 0 Å². The Kier molecular flexibility index (Phi) is 4.55. The van der Waals surface area contributed by atoms with Crippen molar-refractivity contribution in [3.63, 3.8) is 0 Å². The number of aliphatic carboxylic acids is 1. The molecular formula is C15H20N2O2. The van der Waals surface area contributed by atoms with Crippen LogP contribution in [0.2, 0.25) is 0 Å². The molecule has 1 aromatic rings. The van der Waals surface area contributed by atoms with Crippen LogP contribution in [0.3, 0.4) is 0 Å². The van der Waals surface area contributed by atoms with Gasteiger partial charge in [-0.3, -0.25) is 0 Å². The fourth-order valence-electron chi connectivity index (χ4n) is 2.44. The number of anilines is 1. The third kappa shape index (κ3) is 3.81. The molecule has 102 valence electrons. The van der Waals surface area contributed by atoms with E-state index < -0.39 is 5.97 Å². The summed E-state index contributed by atoms with van der Waals surface area (Å²) in [6, 6.07) is 3.75. The number of hydrogen-bond acceptors (Lipinski definition) is 3. The molecule has 1 saturated heterocycles. The standard InChI is InChI=1S/C15H20N2O2/c1-12-4-3-10-17(11-8-12)15-13(5-2-9-16-15)6-7-14(18)19/h2,5-7,9,12H,3-4,8,10-11H2,1H3,(H,18,19)/b7-6+. The summed E-state index contributed by atoms with van der Waals surface area (Å²) in [5.41, 5.74) is 0.874. The molecule has 0 radical (unpaired) electrons. The Morgan fingerprint density at radius 2 is 2.32 bits per heavy atom. The molecule has 4 heteroatoms. The molecule has 0 aromatic carbocycles. The smallest absolute Gasteiger partial charge is 0.328 e. The zero-order valence-electron chi connectivity index (χ0n) is 11.2. The van der Waals surface area contributed by atoms with Crippen LogP contribution >= 0.6 is 0 Å². The van der Waals surface area contributed by atoms with Crippen LogP contribution in [0.5, 0.6) is 0 Å². The van der Waals surface area contributed by atoms with E-state index in [9.17, 15) is 4.79 Å². The average Bonchev–Trinajstić information content (AvgIpc) is 2.61. The largest absolute Gasteiger partial charge is 0.478 e. The quantitative estimate of drug-likeness (QED) is 0.849. The summed E-state index contributed by atoms with van der Waals surface area (Å²) in [6.07, 6.45) is 8.14. The molecule has 0 aliphatic carbocycles. The van der Waals surface area contributed by atoms with E-state index in [1.54, 1.807) is 12.3 Å². The second-order valence-corrected chi connectivity index (χ2v) is 5.11. The molecule has 1 unspecified atom stereocenters. The molecule has 1 N–H and O–H groups in total. The van der Waals surface area contributed by atoms with Crippen LogP contribution < -0.4 is 4.90 Å². The molecule has 1 atom stereocenters. The fraction of sp³-hybridized carbons (Fsp3) is 0.467. The van der Waals surface area contributed by atoms with Gasteiger partial charge < -0.3 is 10.0 Å². The normalized spacial score (nSPS) is 20.5. The molecular weight excluding hydrogens is 240 g/mol. The third-order valence-electron chi connectivity index (χ3n) is 3.54. The van der Waals surface area contributed by atoms with Gasteiger partial charge in [-0.15, -0.1) is 0 Å². The summed E-state index contributed by atoms with van der Waals surface area (Å²) >= 11 is 0. The Hall–Kier alpha value is -1.84. The van der Waals surface area contributed by atoms with Crippen LogP contribution in [0.25, 0.3) is 6.08 Å². The van der Waals surface area contributed by atoms with Crippen LogP contribution in [0.4, 0.5) is 5.82 Å². The first-order valence-electron chi connectivity index (χ1n) is 6.78. The lowest BCUT2D eigenvalue weighted by molar-refractivity contribution is -0.131. The molecule has 1 aliphatic heterocycles. The lowest BCUT2D eigenvalue weighted by Crippen LogP contribution is -2.25. The number of pyridine rings is 1. The van der Waals surface area contributed by atoms with Gasteiger partial charge in [0.05, 0.1) is 0 Å². The van der Waals surface area contributed by atoms with Crippen molar-refractivity contribution < 1.29 is 9.90 Å². The number of carboxylic acids is 1. The number of carboxylic acid groups (broad SMARTS) is 1. The van der Waals surface area contributed by atoms with Gasteiger partial charge in [0.15, 0.2) is 0 Å². The Labute approximate surface area is 113 Å². The molecule has 4 nitrogen and oxygen atoms in total. The number of hydrogen-bond donors (Lipinski definition) is 1. The van der Waals surface area contributed by atoms with Gasteiger partial charge in [0.1, 0.15) is 5.82 Å². The van der Waals surface area contributed by atoms with Gasteiger partial charge in [0.25, 0.3) is 0 Å². The third-order valence-corrected chi connectivity index (χ3v) is 3.54.